The Hall–Kier alpha value is -0.890. The zero-order valence-corrected chi connectivity index (χ0v) is 16.5. The van der Waals surface area contributed by atoms with Gasteiger partial charge in [-0.2, -0.15) is 62.3 Å². The first-order chi connectivity index (χ1) is 13.2. The van der Waals surface area contributed by atoms with Gasteiger partial charge in [-0.3, -0.25) is 0 Å². The maximum Gasteiger partial charge on any atom is 0.460 e. The highest BCUT2D eigenvalue weighted by Crippen LogP contribution is 2.61. The highest BCUT2D eigenvalue weighted by molar-refractivity contribution is 14.1. The van der Waals surface area contributed by atoms with Crippen LogP contribution in [-0.2, 0) is 0 Å². The summed E-state index contributed by atoms with van der Waals surface area (Å²) in [5, 5.41) is 8.76. The SMILES string of the molecule is N#CN1C[C@H](CC(F)(F)C(F)(F)C(F)(F)C(F)(F)C(F)(F)C(F)(F)F)[C@@H](CCI)C1. The predicted octanol–water partition coefficient (Wildman–Crippen LogP) is 5.97. The Labute approximate surface area is 174 Å². The van der Waals surface area contributed by atoms with Crippen LogP contribution < -0.4 is 0 Å². The first-order valence-corrected chi connectivity index (χ1v) is 9.40. The lowest BCUT2D eigenvalue weighted by Crippen LogP contribution is -2.70. The maximum absolute atomic E-state index is 14.0. The van der Waals surface area contributed by atoms with Crippen molar-refractivity contribution in [3.05, 3.63) is 0 Å². The number of hydrogen-bond acceptors (Lipinski definition) is 2. The molecular formula is C14H12F13IN2. The molecule has 0 unspecified atom stereocenters. The number of alkyl halides is 14. The van der Waals surface area contributed by atoms with Crippen LogP contribution in [0.25, 0.3) is 0 Å². The topological polar surface area (TPSA) is 27.0 Å². The van der Waals surface area contributed by atoms with Crippen LogP contribution in [0.2, 0.25) is 0 Å². The molecule has 0 aromatic heterocycles. The standard InChI is InChI=1S/C14H12F13IN2/c15-9(16,3-8-5-30(6-29)4-7(8)1-2-28)10(17,18)11(19,20)12(21,22)13(23,24)14(25,26)27/h7-8H,1-5H2/t7-,8-/m0/s1. The summed E-state index contributed by atoms with van der Waals surface area (Å²) in [5.74, 6) is -39.3. The van der Waals surface area contributed by atoms with Crippen LogP contribution >= 0.6 is 22.6 Å². The third kappa shape index (κ3) is 4.23. The molecule has 0 radical (unpaired) electrons. The third-order valence-electron chi connectivity index (χ3n) is 4.71. The molecule has 2 nitrogen and oxygen atoms in total. The van der Waals surface area contributed by atoms with E-state index in [4.69, 9.17) is 5.26 Å². The Balaban J connectivity index is 3.31. The van der Waals surface area contributed by atoms with E-state index >= 15 is 0 Å². The van der Waals surface area contributed by atoms with E-state index in [1.165, 1.54) is 6.19 Å². The van der Waals surface area contributed by atoms with E-state index in [1.807, 2.05) is 0 Å². The Morgan fingerprint density at radius 2 is 1.17 bits per heavy atom. The maximum atomic E-state index is 14.0. The van der Waals surface area contributed by atoms with Gasteiger partial charge in [0.05, 0.1) is 0 Å². The summed E-state index contributed by atoms with van der Waals surface area (Å²) in [7, 11) is 0. The summed E-state index contributed by atoms with van der Waals surface area (Å²) in [4.78, 5) is 0.820. The molecule has 176 valence electrons. The van der Waals surface area contributed by atoms with E-state index in [0.29, 0.717) is 0 Å². The zero-order valence-electron chi connectivity index (χ0n) is 14.4. The lowest BCUT2D eigenvalue weighted by Gasteiger charge is -2.40. The molecule has 1 saturated heterocycles. The summed E-state index contributed by atoms with van der Waals surface area (Å²) < 4.78 is 171. The van der Waals surface area contributed by atoms with Crippen molar-refractivity contribution in [2.75, 3.05) is 17.5 Å². The summed E-state index contributed by atoms with van der Waals surface area (Å²) in [5.41, 5.74) is 0. The largest absolute Gasteiger partial charge is 0.460 e. The first-order valence-electron chi connectivity index (χ1n) is 7.87. The number of hydrogen-bond donors (Lipinski definition) is 0. The summed E-state index contributed by atoms with van der Waals surface area (Å²) in [6.07, 6.45) is -8.11. The molecule has 0 aromatic carbocycles. The number of likely N-dealkylation sites (tertiary alicyclic amines) is 1. The second-order valence-corrected chi connectivity index (χ2v) is 7.79. The fraction of sp³-hybridized carbons (Fsp3) is 0.929. The quantitative estimate of drug-likeness (QED) is 0.153. The average Bonchev–Trinajstić information content (AvgIpc) is 2.94. The molecule has 2 atom stereocenters. The highest BCUT2D eigenvalue weighted by Gasteiger charge is 2.90. The molecule has 1 fully saturated rings. The number of halogens is 14. The highest BCUT2D eigenvalue weighted by atomic mass is 127. The van der Waals surface area contributed by atoms with Gasteiger partial charge in [-0.25, -0.2) is 0 Å². The van der Waals surface area contributed by atoms with Crippen LogP contribution in [0.3, 0.4) is 0 Å². The molecule has 0 N–H and O–H groups in total. The Morgan fingerprint density at radius 1 is 0.733 bits per heavy atom. The fourth-order valence-electron chi connectivity index (χ4n) is 2.98. The zero-order chi connectivity index (χ0) is 24.0. The van der Waals surface area contributed by atoms with E-state index in [0.717, 1.165) is 4.90 Å². The lowest BCUT2D eigenvalue weighted by atomic mass is 9.84. The van der Waals surface area contributed by atoms with E-state index in [1.54, 1.807) is 22.6 Å². The first kappa shape index (κ1) is 27.1. The van der Waals surface area contributed by atoms with Crippen LogP contribution in [0.15, 0.2) is 0 Å². The van der Waals surface area contributed by atoms with Crippen LogP contribution in [0, 0.1) is 23.3 Å². The molecule has 16 heteroatoms. The number of nitrogens with zero attached hydrogens (tertiary/aromatic N) is 2. The van der Waals surface area contributed by atoms with E-state index < -0.39 is 60.6 Å². The fourth-order valence-corrected chi connectivity index (χ4v) is 3.78. The molecule has 0 saturated carbocycles. The minimum absolute atomic E-state index is 0.0454. The van der Waals surface area contributed by atoms with Crippen molar-refractivity contribution in [1.82, 2.24) is 4.90 Å². The van der Waals surface area contributed by atoms with Gasteiger partial charge < -0.3 is 4.90 Å². The molecule has 1 aliphatic heterocycles. The molecule has 0 bridgehead atoms. The Bertz CT molecular complexity index is 655. The molecule has 30 heavy (non-hydrogen) atoms. The second-order valence-electron chi connectivity index (χ2n) is 6.71. The van der Waals surface area contributed by atoms with E-state index in [-0.39, 0.29) is 17.4 Å². The van der Waals surface area contributed by atoms with Gasteiger partial charge >= 0.3 is 35.8 Å². The summed E-state index contributed by atoms with van der Waals surface area (Å²) in [6, 6.07) is 0. The third-order valence-corrected chi connectivity index (χ3v) is 5.34. The summed E-state index contributed by atoms with van der Waals surface area (Å²) >= 11 is 1.75. The van der Waals surface area contributed by atoms with Gasteiger partial charge in [-0.05, 0) is 22.7 Å². The van der Waals surface area contributed by atoms with Gasteiger partial charge in [0, 0.05) is 19.5 Å². The molecular weight excluding hydrogens is 570 g/mol. The van der Waals surface area contributed by atoms with Gasteiger partial charge in [0.15, 0.2) is 6.19 Å². The van der Waals surface area contributed by atoms with E-state index in [2.05, 4.69) is 0 Å². The minimum atomic E-state index is -7.89. The second kappa shape index (κ2) is 8.23. The van der Waals surface area contributed by atoms with Crippen molar-refractivity contribution in [1.29, 1.82) is 5.26 Å². The smallest absolute Gasteiger partial charge is 0.310 e. The van der Waals surface area contributed by atoms with Crippen molar-refractivity contribution >= 4 is 22.6 Å². The van der Waals surface area contributed by atoms with Gasteiger partial charge in [0.1, 0.15) is 0 Å². The molecule has 0 aromatic rings. The van der Waals surface area contributed by atoms with Crippen LogP contribution in [0.1, 0.15) is 12.8 Å². The molecule has 1 aliphatic rings. The normalized spacial score (nSPS) is 22.4. The van der Waals surface area contributed by atoms with Gasteiger partial charge in [0.2, 0.25) is 0 Å². The monoisotopic (exact) mass is 582 g/mol. The molecule has 0 amide bonds. The van der Waals surface area contributed by atoms with Crippen LogP contribution in [0.5, 0.6) is 0 Å². The van der Waals surface area contributed by atoms with Crippen LogP contribution in [-0.4, -0.2) is 58.2 Å². The van der Waals surface area contributed by atoms with Gasteiger partial charge in [-0.15, -0.1) is 0 Å². The van der Waals surface area contributed by atoms with Gasteiger partial charge in [0.25, 0.3) is 0 Å². The van der Waals surface area contributed by atoms with Crippen molar-refractivity contribution < 1.29 is 57.1 Å². The number of rotatable bonds is 8. The van der Waals surface area contributed by atoms with E-state index in [9.17, 15) is 57.1 Å². The average molecular weight is 582 g/mol. The lowest BCUT2D eigenvalue weighted by molar-refractivity contribution is -0.440. The summed E-state index contributed by atoms with van der Waals surface area (Å²) in [6.45, 7) is -0.866. The van der Waals surface area contributed by atoms with Crippen molar-refractivity contribution in [3.8, 4) is 6.19 Å². The van der Waals surface area contributed by atoms with Crippen molar-refractivity contribution in [3.63, 3.8) is 0 Å². The molecule has 1 heterocycles. The molecule has 0 aliphatic carbocycles. The Kier molecular flexibility index (Phi) is 7.44. The number of nitriles is 1. The Morgan fingerprint density at radius 3 is 1.57 bits per heavy atom. The molecule has 0 spiro atoms. The predicted molar refractivity (Wildman–Crippen MR) is 83.1 cm³/mol. The minimum Gasteiger partial charge on any atom is -0.310 e. The van der Waals surface area contributed by atoms with Crippen molar-refractivity contribution in [2.45, 2.75) is 48.6 Å². The van der Waals surface area contributed by atoms with Crippen molar-refractivity contribution in [2.24, 2.45) is 11.8 Å². The van der Waals surface area contributed by atoms with Gasteiger partial charge in [-0.1, -0.05) is 22.6 Å². The molecule has 1 rings (SSSR count). The van der Waals surface area contributed by atoms with Crippen LogP contribution in [0.4, 0.5) is 57.1 Å².